The molecule has 1 N–H and O–H groups in total. The predicted molar refractivity (Wildman–Crippen MR) is 86.3 cm³/mol. The van der Waals surface area contributed by atoms with Crippen LogP contribution in [0.15, 0.2) is 47.1 Å². The molecule has 0 saturated carbocycles. The zero-order chi connectivity index (χ0) is 15.7. The van der Waals surface area contributed by atoms with Crippen molar-refractivity contribution < 1.29 is 9.18 Å². The third-order valence-electron chi connectivity index (χ3n) is 3.18. The first-order valence-electron chi connectivity index (χ1n) is 6.53. The number of nitrogens with zero attached hydrogens (tertiary/aromatic N) is 2. The number of anilines is 1. The van der Waals surface area contributed by atoms with Gasteiger partial charge in [0.05, 0.1) is 16.8 Å². The number of carbonyl (C=O) groups excluding carboxylic acids is 1. The number of benzene rings is 1. The quantitative estimate of drug-likeness (QED) is 0.749. The molecule has 0 saturated heterocycles. The normalized spacial score (nSPS) is 10.7. The molecule has 1 aromatic carbocycles. The Kier molecular flexibility index (Phi) is 3.85. The van der Waals surface area contributed by atoms with Crippen LogP contribution >= 0.6 is 15.9 Å². The molecule has 0 aliphatic carbocycles. The van der Waals surface area contributed by atoms with Gasteiger partial charge in [-0.15, -0.1) is 0 Å². The van der Waals surface area contributed by atoms with Crippen molar-refractivity contribution in [2.45, 2.75) is 6.92 Å². The summed E-state index contributed by atoms with van der Waals surface area (Å²) in [7, 11) is 0. The number of pyridine rings is 2. The Hall–Kier alpha value is -2.34. The van der Waals surface area contributed by atoms with Gasteiger partial charge in [-0.2, -0.15) is 0 Å². The first-order chi connectivity index (χ1) is 10.5. The molecule has 110 valence electrons. The maximum atomic E-state index is 13.3. The minimum atomic E-state index is -0.362. The molecule has 3 aromatic rings. The molecule has 0 unspecified atom stereocenters. The summed E-state index contributed by atoms with van der Waals surface area (Å²) in [4.78, 5) is 20.8. The number of hydrogen-bond donors (Lipinski definition) is 1. The van der Waals surface area contributed by atoms with E-state index < -0.39 is 0 Å². The second kappa shape index (κ2) is 5.81. The monoisotopic (exact) mass is 359 g/mol. The number of carbonyl (C=O) groups is 1. The third kappa shape index (κ3) is 2.96. The minimum Gasteiger partial charge on any atom is -0.307 e. The van der Waals surface area contributed by atoms with E-state index in [0.717, 1.165) is 4.47 Å². The zero-order valence-corrected chi connectivity index (χ0v) is 13.2. The number of halogens is 2. The van der Waals surface area contributed by atoms with Crippen LogP contribution in [0.1, 0.15) is 16.1 Å². The van der Waals surface area contributed by atoms with Gasteiger partial charge in [-0.3, -0.25) is 9.78 Å². The lowest BCUT2D eigenvalue weighted by Gasteiger charge is -2.08. The molecule has 1 amide bonds. The fourth-order valence-corrected chi connectivity index (χ4v) is 2.34. The largest absolute Gasteiger partial charge is 0.307 e. The molecule has 2 heterocycles. The van der Waals surface area contributed by atoms with E-state index >= 15 is 0 Å². The van der Waals surface area contributed by atoms with Gasteiger partial charge in [0.2, 0.25) is 0 Å². The van der Waals surface area contributed by atoms with E-state index in [1.54, 1.807) is 37.4 Å². The van der Waals surface area contributed by atoms with Gasteiger partial charge >= 0.3 is 0 Å². The number of amides is 1. The summed E-state index contributed by atoms with van der Waals surface area (Å²) >= 11 is 3.28. The van der Waals surface area contributed by atoms with Crippen molar-refractivity contribution in [1.82, 2.24) is 9.97 Å². The lowest BCUT2D eigenvalue weighted by Crippen LogP contribution is -2.15. The Labute approximate surface area is 134 Å². The SMILES string of the molecule is Cc1nc2ccc(F)cc2cc1C(=O)Nc1ccc(Br)cn1. The molecule has 0 atom stereocenters. The number of fused-ring (bicyclic) bond motifs is 1. The Morgan fingerprint density at radius 2 is 2.05 bits per heavy atom. The average Bonchev–Trinajstić information content (AvgIpc) is 2.49. The number of rotatable bonds is 2. The van der Waals surface area contributed by atoms with Gasteiger partial charge in [-0.1, -0.05) is 0 Å². The van der Waals surface area contributed by atoms with Gasteiger partial charge < -0.3 is 5.32 Å². The molecule has 0 aliphatic rings. The maximum Gasteiger partial charge on any atom is 0.258 e. The van der Waals surface area contributed by atoms with Crippen LogP contribution in [-0.4, -0.2) is 15.9 Å². The summed E-state index contributed by atoms with van der Waals surface area (Å²) in [6.45, 7) is 1.74. The summed E-state index contributed by atoms with van der Waals surface area (Å²) in [6, 6.07) is 9.40. The third-order valence-corrected chi connectivity index (χ3v) is 3.65. The van der Waals surface area contributed by atoms with E-state index in [4.69, 9.17) is 0 Å². The van der Waals surface area contributed by atoms with Crippen molar-refractivity contribution in [3.05, 3.63) is 64.1 Å². The second-order valence-electron chi connectivity index (χ2n) is 4.77. The van der Waals surface area contributed by atoms with Crippen LogP contribution in [-0.2, 0) is 0 Å². The first kappa shape index (κ1) is 14.6. The zero-order valence-electron chi connectivity index (χ0n) is 11.6. The maximum absolute atomic E-state index is 13.3. The van der Waals surface area contributed by atoms with Gasteiger partial charge in [-0.25, -0.2) is 9.37 Å². The van der Waals surface area contributed by atoms with E-state index in [0.29, 0.717) is 28.0 Å². The predicted octanol–water partition coefficient (Wildman–Crippen LogP) is 4.09. The van der Waals surface area contributed by atoms with Crippen LogP contribution in [0.5, 0.6) is 0 Å². The Morgan fingerprint density at radius 1 is 1.23 bits per heavy atom. The molecule has 0 spiro atoms. The highest BCUT2D eigenvalue weighted by molar-refractivity contribution is 9.10. The first-order valence-corrected chi connectivity index (χ1v) is 7.32. The summed E-state index contributed by atoms with van der Waals surface area (Å²) in [5.41, 5.74) is 1.62. The van der Waals surface area contributed by atoms with Crippen molar-refractivity contribution in [2.75, 3.05) is 5.32 Å². The van der Waals surface area contributed by atoms with Crippen molar-refractivity contribution >= 4 is 38.6 Å². The second-order valence-corrected chi connectivity index (χ2v) is 5.69. The molecule has 0 bridgehead atoms. The Morgan fingerprint density at radius 3 is 2.77 bits per heavy atom. The van der Waals surface area contributed by atoms with E-state index in [9.17, 15) is 9.18 Å². The molecule has 0 aliphatic heterocycles. The summed E-state index contributed by atoms with van der Waals surface area (Å²) in [5, 5.41) is 3.28. The van der Waals surface area contributed by atoms with Crippen molar-refractivity contribution in [3.8, 4) is 0 Å². The summed E-state index contributed by atoms with van der Waals surface area (Å²) < 4.78 is 14.1. The number of nitrogens with one attached hydrogen (secondary N) is 1. The van der Waals surface area contributed by atoms with Gasteiger partial charge in [-0.05, 0) is 59.3 Å². The van der Waals surface area contributed by atoms with Gasteiger partial charge in [0, 0.05) is 16.1 Å². The van der Waals surface area contributed by atoms with E-state index in [1.807, 2.05) is 0 Å². The standard InChI is InChI=1S/C16H11BrFN3O/c1-9-13(7-10-6-12(18)3-4-14(10)20-9)16(22)21-15-5-2-11(17)8-19-15/h2-8H,1H3,(H,19,21,22). The van der Waals surface area contributed by atoms with E-state index in [2.05, 4.69) is 31.2 Å². The van der Waals surface area contributed by atoms with Gasteiger partial charge in [0.1, 0.15) is 11.6 Å². The molecular weight excluding hydrogens is 349 g/mol. The van der Waals surface area contributed by atoms with Gasteiger partial charge in [0.15, 0.2) is 0 Å². The molecule has 0 radical (unpaired) electrons. The summed E-state index contributed by atoms with van der Waals surface area (Å²) in [5.74, 6) is -0.253. The Bertz CT molecular complexity index is 865. The topological polar surface area (TPSA) is 54.9 Å². The molecule has 3 rings (SSSR count). The molecule has 2 aromatic heterocycles. The number of aryl methyl sites for hydroxylation is 1. The fourth-order valence-electron chi connectivity index (χ4n) is 2.11. The van der Waals surface area contributed by atoms with Crippen LogP contribution in [0.25, 0.3) is 10.9 Å². The van der Waals surface area contributed by atoms with Crippen LogP contribution in [0.2, 0.25) is 0 Å². The molecule has 0 fully saturated rings. The highest BCUT2D eigenvalue weighted by atomic mass is 79.9. The lowest BCUT2D eigenvalue weighted by molar-refractivity contribution is 0.102. The Balaban J connectivity index is 1.96. The van der Waals surface area contributed by atoms with Crippen LogP contribution < -0.4 is 5.32 Å². The highest BCUT2D eigenvalue weighted by Crippen LogP contribution is 2.19. The smallest absolute Gasteiger partial charge is 0.258 e. The highest BCUT2D eigenvalue weighted by Gasteiger charge is 2.13. The molecular formula is C16H11BrFN3O. The number of hydrogen-bond acceptors (Lipinski definition) is 3. The lowest BCUT2D eigenvalue weighted by atomic mass is 10.1. The molecule has 6 heteroatoms. The van der Waals surface area contributed by atoms with Gasteiger partial charge in [0.25, 0.3) is 5.91 Å². The van der Waals surface area contributed by atoms with E-state index in [-0.39, 0.29) is 11.7 Å². The number of aromatic nitrogens is 2. The van der Waals surface area contributed by atoms with Crippen molar-refractivity contribution in [1.29, 1.82) is 0 Å². The summed E-state index contributed by atoms with van der Waals surface area (Å²) in [6.07, 6.45) is 1.59. The molecule has 4 nitrogen and oxygen atoms in total. The van der Waals surface area contributed by atoms with Crippen LogP contribution in [0.4, 0.5) is 10.2 Å². The fraction of sp³-hybridized carbons (Fsp3) is 0.0625. The minimum absolute atomic E-state index is 0.328. The van der Waals surface area contributed by atoms with Crippen LogP contribution in [0.3, 0.4) is 0 Å². The molecule has 22 heavy (non-hydrogen) atoms. The average molecular weight is 360 g/mol. The van der Waals surface area contributed by atoms with Crippen molar-refractivity contribution in [3.63, 3.8) is 0 Å². The van der Waals surface area contributed by atoms with E-state index in [1.165, 1.54) is 12.1 Å². The van der Waals surface area contributed by atoms with Crippen LogP contribution in [0, 0.1) is 12.7 Å². The van der Waals surface area contributed by atoms with Crippen molar-refractivity contribution in [2.24, 2.45) is 0 Å².